The van der Waals surface area contributed by atoms with Crippen LogP contribution in [0.2, 0.25) is 5.02 Å². The Morgan fingerprint density at radius 2 is 1.74 bits per heavy atom. The van der Waals surface area contributed by atoms with Gasteiger partial charge in [-0.15, -0.1) is 0 Å². The van der Waals surface area contributed by atoms with E-state index in [2.05, 4.69) is 5.32 Å². The van der Waals surface area contributed by atoms with Crippen LogP contribution in [-0.4, -0.2) is 29.8 Å². The number of halogens is 1. The van der Waals surface area contributed by atoms with Crippen LogP contribution in [0.4, 0.5) is 0 Å². The van der Waals surface area contributed by atoms with Gasteiger partial charge >= 0.3 is 0 Å². The van der Waals surface area contributed by atoms with Crippen molar-refractivity contribution in [3.05, 3.63) is 64.7 Å². The first-order chi connectivity index (χ1) is 11.0. The highest BCUT2D eigenvalue weighted by atomic mass is 35.5. The highest BCUT2D eigenvalue weighted by Gasteiger charge is 2.35. The lowest BCUT2D eigenvalue weighted by Gasteiger charge is -2.22. The molecule has 1 aliphatic carbocycles. The number of amides is 1. The minimum Gasteiger partial charge on any atom is -0.484 e. The molecule has 3 rings (SSSR count). The number of aliphatic hydroxyl groups is 1. The fraction of sp³-hybridized carbons (Fsp3) is 0.278. The summed E-state index contributed by atoms with van der Waals surface area (Å²) in [5.41, 5.74) is 1.36. The largest absolute Gasteiger partial charge is 0.484 e. The molecular formula is C18H18ClNO3. The lowest BCUT2D eigenvalue weighted by molar-refractivity contribution is -0.124. The normalized spacial score (nSPS) is 15.0. The molecule has 4 nitrogen and oxygen atoms in total. The van der Waals surface area contributed by atoms with Crippen LogP contribution in [0.5, 0.6) is 5.75 Å². The summed E-state index contributed by atoms with van der Waals surface area (Å²) in [6.07, 6.45) is 1.11. The van der Waals surface area contributed by atoms with Crippen LogP contribution in [0.15, 0.2) is 48.5 Å². The fourth-order valence-corrected chi connectivity index (χ4v) is 2.92. The predicted octanol–water partition coefficient (Wildman–Crippen LogP) is 2.36. The van der Waals surface area contributed by atoms with E-state index in [0.29, 0.717) is 23.6 Å². The van der Waals surface area contributed by atoms with Crippen molar-refractivity contribution < 1.29 is 14.6 Å². The highest BCUT2D eigenvalue weighted by Crippen LogP contribution is 2.29. The van der Waals surface area contributed by atoms with Crippen molar-refractivity contribution in [1.82, 2.24) is 5.32 Å². The molecule has 2 aromatic rings. The molecule has 0 radical (unpaired) electrons. The molecule has 0 heterocycles. The van der Waals surface area contributed by atoms with E-state index in [-0.39, 0.29) is 19.1 Å². The van der Waals surface area contributed by atoms with Crippen LogP contribution in [0.3, 0.4) is 0 Å². The molecule has 23 heavy (non-hydrogen) atoms. The van der Waals surface area contributed by atoms with Gasteiger partial charge in [0.05, 0.1) is 5.60 Å². The Labute approximate surface area is 140 Å². The van der Waals surface area contributed by atoms with Gasteiger partial charge in [-0.3, -0.25) is 4.79 Å². The molecular weight excluding hydrogens is 314 g/mol. The van der Waals surface area contributed by atoms with Crippen molar-refractivity contribution in [1.29, 1.82) is 0 Å². The van der Waals surface area contributed by atoms with Crippen molar-refractivity contribution in [2.75, 3.05) is 13.2 Å². The number of ether oxygens (including phenoxy) is 1. The molecule has 5 heteroatoms. The first-order valence-electron chi connectivity index (χ1n) is 7.48. The number of benzene rings is 2. The number of fused-ring (bicyclic) bond motifs is 1. The van der Waals surface area contributed by atoms with Crippen LogP contribution >= 0.6 is 11.6 Å². The number of rotatable bonds is 5. The zero-order valence-electron chi connectivity index (χ0n) is 12.6. The second kappa shape index (κ2) is 6.60. The third-order valence-electron chi connectivity index (χ3n) is 3.96. The Morgan fingerprint density at radius 1 is 1.13 bits per heavy atom. The summed E-state index contributed by atoms with van der Waals surface area (Å²) in [4.78, 5) is 11.9. The van der Waals surface area contributed by atoms with Crippen LogP contribution in [0, 0.1) is 0 Å². The summed E-state index contributed by atoms with van der Waals surface area (Å²) in [7, 11) is 0. The summed E-state index contributed by atoms with van der Waals surface area (Å²) in [5, 5.41) is 14.0. The number of hydrogen-bond acceptors (Lipinski definition) is 3. The van der Waals surface area contributed by atoms with E-state index in [4.69, 9.17) is 16.3 Å². The summed E-state index contributed by atoms with van der Waals surface area (Å²) in [6, 6.07) is 14.8. The second-order valence-corrected chi connectivity index (χ2v) is 6.30. The standard InChI is InChI=1S/C18H18ClNO3/c19-15-5-7-16(8-6-15)23-11-17(21)20-12-18(22)9-13-3-1-2-4-14(13)10-18/h1-8,22H,9-12H2,(H,20,21). The Bertz CT molecular complexity index is 675. The molecule has 2 N–H and O–H groups in total. The molecule has 0 aromatic heterocycles. The van der Waals surface area contributed by atoms with Gasteiger partial charge < -0.3 is 15.2 Å². The average molecular weight is 332 g/mol. The van der Waals surface area contributed by atoms with E-state index in [0.717, 1.165) is 11.1 Å². The molecule has 0 spiro atoms. The van der Waals surface area contributed by atoms with Gasteiger partial charge in [0.1, 0.15) is 5.75 Å². The zero-order valence-corrected chi connectivity index (χ0v) is 13.3. The summed E-state index contributed by atoms with van der Waals surface area (Å²) >= 11 is 5.79. The SMILES string of the molecule is O=C(COc1ccc(Cl)cc1)NCC1(O)Cc2ccccc2C1. The molecule has 0 unspecified atom stereocenters. The maximum absolute atomic E-state index is 11.9. The molecule has 0 aliphatic heterocycles. The maximum Gasteiger partial charge on any atom is 0.258 e. The second-order valence-electron chi connectivity index (χ2n) is 5.87. The monoisotopic (exact) mass is 331 g/mol. The smallest absolute Gasteiger partial charge is 0.258 e. The molecule has 0 saturated heterocycles. The van der Waals surface area contributed by atoms with Gasteiger partial charge in [0.15, 0.2) is 6.61 Å². The van der Waals surface area contributed by atoms with E-state index >= 15 is 0 Å². The average Bonchev–Trinajstić information content (AvgIpc) is 2.89. The summed E-state index contributed by atoms with van der Waals surface area (Å²) in [6.45, 7) is 0.120. The van der Waals surface area contributed by atoms with Gasteiger partial charge in [-0.1, -0.05) is 35.9 Å². The van der Waals surface area contributed by atoms with E-state index in [9.17, 15) is 9.90 Å². The molecule has 1 aliphatic rings. The maximum atomic E-state index is 11.9. The van der Waals surface area contributed by atoms with E-state index in [1.807, 2.05) is 24.3 Å². The quantitative estimate of drug-likeness (QED) is 0.884. The number of nitrogens with one attached hydrogen (secondary N) is 1. The molecule has 2 aromatic carbocycles. The van der Waals surface area contributed by atoms with Crippen LogP contribution in [0.25, 0.3) is 0 Å². The summed E-state index contributed by atoms with van der Waals surface area (Å²) < 4.78 is 5.38. The Morgan fingerprint density at radius 3 is 2.35 bits per heavy atom. The fourth-order valence-electron chi connectivity index (χ4n) is 2.79. The number of carbonyl (C=O) groups is 1. The highest BCUT2D eigenvalue weighted by molar-refractivity contribution is 6.30. The molecule has 0 saturated carbocycles. The van der Waals surface area contributed by atoms with Gasteiger partial charge in [0.2, 0.25) is 0 Å². The van der Waals surface area contributed by atoms with Crippen molar-refractivity contribution in [2.45, 2.75) is 18.4 Å². The molecule has 0 atom stereocenters. The third kappa shape index (κ3) is 4.03. The number of hydrogen-bond donors (Lipinski definition) is 2. The predicted molar refractivity (Wildman–Crippen MR) is 88.8 cm³/mol. The van der Waals surface area contributed by atoms with Gasteiger partial charge in [0, 0.05) is 24.4 Å². The lowest BCUT2D eigenvalue weighted by atomic mass is 10.0. The minimum absolute atomic E-state index is 0.0926. The topological polar surface area (TPSA) is 58.6 Å². The first-order valence-corrected chi connectivity index (χ1v) is 7.86. The lowest BCUT2D eigenvalue weighted by Crippen LogP contribution is -2.45. The minimum atomic E-state index is -0.917. The molecule has 120 valence electrons. The number of carbonyl (C=O) groups excluding carboxylic acids is 1. The van der Waals surface area contributed by atoms with Gasteiger partial charge in [-0.25, -0.2) is 0 Å². The van der Waals surface area contributed by atoms with E-state index < -0.39 is 5.60 Å². The van der Waals surface area contributed by atoms with E-state index in [1.54, 1.807) is 24.3 Å². The van der Waals surface area contributed by atoms with Crippen molar-refractivity contribution in [3.8, 4) is 5.75 Å². The first kappa shape index (κ1) is 15.8. The van der Waals surface area contributed by atoms with Crippen LogP contribution in [0.1, 0.15) is 11.1 Å². The van der Waals surface area contributed by atoms with Gasteiger partial charge in [0.25, 0.3) is 5.91 Å². The van der Waals surface area contributed by atoms with Gasteiger partial charge in [-0.2, -0.15) is 0 Å². The Balaban J connectivity index is 1.47. The van der Waals surface area contributed by atoms with Crippen molar-refractivity contribution >= 4 is 17.5 Å². The molecule has 1 amide bonds. The molecule has 0 fully saturated rings. The third-order valence-corrected chi connectivity index (χ3v) is 4.21. The van der Waals surface area contributed by atoms with E-state index in [1.165, 1.54) is 0 Å². The van der Waals surface area contributed by atoms with Crippen molar-refractivity contribution in [3.63, 3.8) is 0 Å². The van der Waals surface area contributed by atoms with Gasteiger partial charge in [-0.05, 0) is 35.4 Å². The Hall–Kier alpha value is -2.04. The summed E-state index contributed by atoms with van der Waals surface area (Å²) in [5.74, 6) is 0.320. The van der Waals surface area contributed by atoms with Crippen molar-refractivity contribution in [2.24, 2.45) is 0 Å². The zero-order chi connectivity index (χ0) is 16.3. The Kier molecular flexibility index (Phi) is 4.55. The molecule has 0 bridgehead atoms. The van der Waals surface area contributed by atoms with Crippen LogP contribution in [-0.2, 0) is 17.6 Å². The van der Waals surface area contributed by atoms with Crippen LogP contribution < -0.4 is 10.1 Å².